The normalized spacial score (nSPS) is 13.0. The minimum absolute atomic E-state index is 0.244. The van der Waals surface area contributed by atoms with Gasteiger partial charge in [-0.2, -0.15) is 0 Å². The van der Waals surface area contributed by atoms with Gasteiger partial charge in [0.2, 0.25) is 0 Å². The SMILES string of the molecule is CC1(C)c2ccccc2N(c2c(N(c3ccccc3)c3ccc(-c4ccccc4)cc3)ccc3ccccc23)c2ccc(-c3ccc4ccccc4c3)cc21. The Morgan fingerprint density at radius 2 is 0.927 bits per heavy atom. The molecule has 0 unspecified atom stereocenters. The maximum atomic E-state index is 2.53. The molecule has 1 aliphatic rings. The summed E-state index contributed by atoms with van der Waals surface area (Å²) < 4.78 is 0. The second-order valence-electron chi connectivity index (χ2n) is 15.0. The molecule has 2 nitrogen and oxygen atoms in total. The van der Waals surface area contributed by atoms with E-state index in [1.807, 2.05) is 0 Å². The predicted molar refractivity (Wildman–Crippen MR) is 234 cm³/mol. The topological polar surface area (TPSA) is 6.48 Å². The number of benzene rings is 9. The van der Waals surface area contributed by atoms with Crippen molar-refractivity contribution in [1.82, 2.24) is 0 Å². The molecule has 0 radical (unpaired) electrons. The van der Waals surface area contributed by atoms with Crippen LogP contribution in [0.25, 0.3) is 43.8 Å². The van der Waals surface area contributed by atoms with Gasteiger partial charge in [0.25, 0.3) is 0 Å². The molecule has 0 saturated heterocycles. The largest absolute Gasteiger partial charge is 0.308 e. The number of hydrogen-bond donors (Lipinski definition) is 0. The Kier molecular flexibility index (Phi) is 7.85. The van der Waals surface area contributed by atoms with Crippen molar-refractivity contribution < 1.29 is 0 Å². The van der Waals surface area contributed by atoms with E-state index in [1.54, 1.807) is 0 Å². The van der Waals surface area contributed by atoms with Gasteiger partial charge in [-0.15, -0.1) is 0 Å². The summed E-state index contributed by atoms with van der Waals surface area (Å²) in [6.07, 6.45) is 0. The Hall–Kier alpha value is -6.90. The molecule has 55 heavy (non-hydrogen) atoms. The van der Waals surface area contributed by atoms with Crippen LogP contribution in [0, 0.1) is 0 Å². The molecular formula is C53H40N2. The van der Waals surface area contributed by atoms with Crippen molar-refractivity contribution in [3.63, 3.8) is 0 Å². The van der Waals surface area contributed by atoms with E-state index >= 15 is 0 Å². The lowest BCUT2D eigenvalue weighted by Crippen LogP contribution is -2.31. The lowest BCUT2D eigenvalue weighted by atomic mass is 9.72. The van der Waals surface area contributed by atoms with Crippen LogP contribution >= 0.6 is 0 Å². The van der Waals surface area contributed by atoms with Gasteiger partial charge in [0.15, 0.2) is 0 Å². The highest BCUT2D eigenvalue weighted by atomic mass is 15.2. The predicted octanol–water partition coefficient (Wildman–Crippen LogP) is 14.9. The molecule has 0 aliphatic carbocycles. The summed E-state index contributed by atoms with van der Waals surface area (Å²) >= 11 is 0. The van der Waals surface area contributed by atoms with Crippen LogP contribution < -0.4 is 9.80 Å². The van der Waals surface area contributed by atoms with Gasteiger partial charge in [-0.05, 0) is 104 Å². The molecule has 0 fully saturated rings. The van der Waals surface area contributed by atoms with E-state index in [-0.39, 0.29) is 5.41 Å². The summed E-state index contributed by atoms with van der Waals surface area (Å²) in [6.45, 7) is 4.75. The molecular weight excluding hydrogens is 665 g/mol. The highest BCUT2D eigenvalue weighted by molar-refractivity contribution is 6.08. The van der Waals surface area contributed by atoms with Gasteiger partial charge in [-0.1, -0.05) is 166 Å². The number of para-hydroxylation sites is 2. The van der Waals surface area contributed by atoms with E-state index in [1.165, 1.54) is 66.3 Å². The Morgan fingerprint density at radius 3 is 1.73 bits per heavy atom. The highest BCUT2D eigenvalue weighted by Gasteiger charge is 2.38. The molecule has 0 atom stereocenters. The lowest BCUT2D eigenvalue weighted by molar-refractivity contribution is 0.632. The zero-order chi connectivity index (χ0) is 36.9. The number of rotatable bonds is 6. The van der Waals surface area contributed by atoms with E-state index < -0.39 is 0 Å². The van der Waals surface area contributed by atoms with Crippen LogP contribution in [0.3, 0.4) is 0 Å². The van der Waals surface area contributed by atoms with Crippen LogP contribution in [0.15, 0.2) is 206 Å². The van der Waals surface area contributed by atoms with Crippen LogP contribution in [0.2, 0.25) is 0 Å². The zero-order valence-electron chi connectivity index (χ0n) is 31.0. The highest BCUT2D eigenvalue weighted by Crippen LogP contribution is 2.56. The first-order valence-corrected chi connectivity index (χ1v) is 19.1. The Labute approximate surface area is 323 Å². The van der Waals surface area contributed by atoms with Gasteiger partial charge in [0, 0.05) is 22.2 Å². The Balaban J connectivity index is 1.22. The third kappa shape index (κ3) is 5.57. The molecule has 0 aromatic heterocycles. The number of anilines is 6. The van der Waals surface area contributed by atoms with Gasteiger partial charge >= 0.3 is 0 Å². The molecule has 262 valence electrons. The Morgan fingerprint density at radius 1 is 0.382 bits per heavy atom. The van der Waals surface area contributed by atoms with Gasteiger partial charge in [0.1, 0.15) is 0 Å². The molecule has 0 saturated carbocycles. The molecule has 10 rings (SSSR count). The molecule has 0 amide bonds. The summed E-state index contributed by atoms with van der Waals surface area (Å²) in [6, 6.07) is 75.3. The number of nitrogens with zero attached hydrogens (tertiary/aromatic N) is 2. The van der Waals surface area contributed by atoms with Crippen molar-refractivity contribution in [1.29, 1.82) is 0 Å². The molecule has 1 aliphatic heterocycles. The molecule has 0 bridgehead atoms. The van der Waals surface area contributed by atoms with Crippen LogP contribution in [0.1, 0.15) is 25.0 Å². The molecule has 0 N–H and O–H groups in total. The fourth-order valence-electron chi connectivity index (χ4n) is 8.59. The van der Waals surface area contributed by atoms with Gasteiger partial charge in [0.05, 0.1) is 22.7 Å². The smallest absolute Gasteiger partial charge is 0.0781 e. The van der Waals surface area contributed by atoms with E-state index in [0.29, 0.717) is 0 Å². The average Bonchev–Trinajstić information content (AvgIpc) is 3.25. The third-order valence-electron chi connectivity index (χ3n) is 11.4. The summed E-state index contributed by atoms with van der Waals surface area (Å²) in [5, 5.41) is 4.90. The van der Waals surface area contributed by atoms with Crippen molar-refractivity contribution in [2.24, 2.45) is 0 Å². The van der Waals surface area contributed by atoms with Gasteiger partial charge in [-0.25, -0.2) is 0 Å². The fraction of sp³-hybridized carbons (Fsp3) is 0.0566. The van der Waals surface area contributed by atoms with Crippen molar-refractivity contribution in [2.45, 2.75) is 19.3 Å². The molecule has 0 spiro atoms. The van der Waals surface area contributed by atoms with Crippen molar-refractivity contribution in [3.8, 4) is 22.3 Å². The third-order valence-corrected chi connectivity index (χ3v) is 11.4. The van der Waals surface area contributed by atoms with Crippen LogP contribution in [0.4, 0.5) is 34.1 Å². The summed E-state index contributed by atoms with van der Waals surface area (Å²) in [5.41, 5.74) is 14.1. The van der Waals surface area contributed by atoms with Gasteiger partial charge in [-0.3, -0.25) is 0 Å². The maximum Gasteiger partial charge on any atom is 0.0781 e. The number of hydrogen-bond acceptors (Lipinski definition) is 2. The lowest BCUT2D eigenvalue weighted by Gasteiger charge is -2.44. The minimum Gasteiger partial charge on any atom is -0.308 e. The zero-order valence-corrected chi connectivity index (χ0v) is 31.0. The Bertz CT molecular complexity index is 2840. The van der Waals surface area contributed by atoms with E-state index in [0.717, 1.165) is 22.7 Å². The second-order valence-corrected chi connectivity index (χ2v) is 15.0. The second kappa shape index (κ2) is 13.2. The standard InChI is InChI=1S/C53H40N2/c1-53(2)47-23-13-14-24-49(47)55(50-33-30-43(36-48(50)53)42-26-25-38-17-9-10-19-41(38)35-42)52-46-22-12-11-18-40(46)29-34-51(52)54(44-20-7-4-8-21-44)45-31-27-39(28-32-45)37-15-5-3-6-16-37/h3-36H,1-2H3. The van der Waals surface area contributed by atoms with Crippen LogP contribution in [-0.2, 0) is 5.41 Å². The van der Waals surface area contributed by atoms with E-state index in [4.69, 9.17) is 0 Å². The number of fused-ring (bicyclic) bond motifs is 4. The van der Waals surface area contributed by atoms with Gasteiger partial charge < -0.3 is 9.80 Å². The quantitative estimate of drug-likeness (QED) is 0.170. The maximum absolute atomic E-state index is 2.53. The molecule has 1 heterocycles. The van der Waals surface area contributed by atoms with Crippen LogP contribution in [-0.4, -0.2) is 0 Å². The van der Waals surface area contributed by atoms with Crippen molar-refractivity contribution >= 4 is 55.7 Å². The molecule has 9 aromatic carbocycles. The van der Waals surface area contributed by atoms with Crippen molar-refractivity contribution in [2.75, 3.05) is 9.80 Å². The van der Waals surface area contributed by atoms with Crippen LogP contribution in [0.5, 0.6) is 0 Å². The summed E-state index contributed by atoms with van der Waals surface area (Å²) in [7, 11) is 0. The molecule has 9 aromatic rings. The first kappa shape index (κ1) is 32.7. The first-order valence-electron chi connectivity index (χ1n) is 19.1. The fourth-order valence-corrected chi connectivity index (χ4v) is 8.59. The minimum atomic E-state index is -0.244. The van der Waals surface area contributed by atoms with E-state index in [2.05, 4.69) is 230 Å². The monoisotopic (exact) mass is 704 g/mol. The summed E-state index contributed by atoms with van der Waals surface area (Å²) in [4.78, 5) is 4.95. The first-order chi connectivity index (χ1) is 27.0. The average molecular weight is 705 g/mol. The molecule has 2 heteroatoms. The summed E-state index contributed by atoms with van der Waals surface area (Å²) in [5.74, 6) is 0. The van der Waals surface area contributed by atoms with Crippen molar-refractivity contribution in [3.05, 3.63) is 217 Å². The van der Waals surface area contributed by atoms with E-state index in [9.17, 15) is 0 Å².